The van der Waals surface area contributed by atoms with Crippen molar-refractivity contribution in [1.29, 1.82) is 0 Å². The van der Waals surface area contributed by atoms with Crippen LogP contribution in [0.25, 0.3) is 0 Å². The van der Waals surface area contributed by atoms with Crippen LogP contribution >= 0.6 is 0 Å². The molecule has 0 aliphatic rings. The van der Waals surface area contributed by atoms with Gasteiger partial charge in [0.2, 0.25) is 0 Å². The van der Waals surface area contributed by atoms with Crippen molar-refractivity contribution < 1.29 is 26.3 Å². The van der Waals surface area contributed by atoms with Gasteiger partial charge in [-0.15, -0.1) is 0 Å². The molecule has 1 radical (unpaired) electrons. The van der Waals surface area contributed by atoms with Crippen molar-refractivity contribution in [2.24, 2.45) is 0 Å². The Morgan fingerprint density at radius 1 is 0.909 bits per heavy atom. The van der Waals surface area contributed by atoms with E-state index in [-0.39, 0.29) is 6.42 Å². The molecule has 0 aromatic carbocycles. The summed E-state index contributed by atoms with van der Waals surface area (Å²) >= 11 is 0. The molecule has 0 saturated heterocycles. The zero-order valence-electron chi connectivity index (χ0n) is 5.26. The van der Waals surface area contributed by atoms with Crippen LogP contribution in [0.15, 0.2) is 0 Å². The Morgan fingerprint density at radius 2 is 1.36 bits per heavy atom. The van der Waals surface area contributed by atoms with Gasteiger partial charge in [0.25, 0.3) is 0 Å². The fraction of sp³-hybridized carbons (Fsp3) is 0.800. The standard InChI is InChI=1S/C5H5F6/c6-4(7,8)2-1-3-5(9,10)11/h2H,1,3H2. The van der Waals surface area contributed by atoms with Crippen molar-refractivity contribution in [3.05, 3.63) is 6.42 Å². The Balaban J connectivity index is 3.44. The second kappa shape index (κ2) is 3.32. The Hall–Kier alpha value is -0.420. The average molecular weight is 179 g/mol. The number of rotatable bonds is 2. The lowest BCUT2D eigenvalue weighted by molar-refractivity contribution is -0.140. The highest BCUT2D eigenvalue weighted by molar-refractivity contribution is 4.75. The molecule has 0 aliphatic carbocycles. The van der Waals surface area contributed by atoms with E-state index >= 15 is 0 Å². The molecule has 0 fully saturated rings. The third-order valence-corrected chi connectivity index (χ3v) is 0.804. The van der Waals surface area contributed by atoms with E-state index in [4.69, 9.17) is 0 Å². The summed E-state index contributed by atoms with van der Waals surface area (Å²) in [4.78, 5) is 0. The molecule has 0 unspecified atom stereocenters. The van der Waals surface area contributed by atoms with Crippen LogP contribution in [0, 0.1) is 6.42 Å². The summed E-state index contributed by atoms with van der Waals surface area (Å²) in [6.07, 6.45) is -11.9. The van der Waals surface area contributed by atoms with Gasteiger partial charge >= 0.3 is 12.4 Å². The molecule has 67 valence electrons. The SMILES string of the molecule is FC(F)(F)[CH]CCC(F)(F)F. The summed E-state index contributed by atoms with van der Waals surface area (Å²) in [5.41, 5.74) is 0. The fourth-order valence-corrected chi connectivity index (χ4v) is 0.399. The highest BCUT2D eigenvalue weighted by Gasteiger charge is 2.32. The monoisotopic (exact) mass is 179 g/mol. The fourth-order valence-electron chi connectivity index (χ4n) is 0.399. The lowest BCUT2D eigenvalue weighted by Gasteiger charge is -2.07. The Labute approximate surface area is 59.2 Å². The molecule has 0 spiro atoms. The van der Waals surface area contributed by atoms with Crippen LogP contribution in [0.5, 0.6) is 0 Å². The molecular formula is C5H5F6. The van der Waals surface area contributed by atoms with Crippen LogP contribution < -0.4 is 0 Å². The molecular weight excluding hydrogens is 174 g/mol. The topological polar surface area (TPSA) is 0 Å². The third kappa shape index (κ3) is 9.58. The van der Waals surface area contributed by atoms with Crippen LogP contribution in [0.4, 0.5) is 26.3 Å². The van der Waals surface area contributed by atoms with E-state index in [1.165, 1.54) is 0 Å². The van der Waals surface area contributed by atoms with Gasteiger partial charge in [-0.05, 0) is 6.42 Å². The highest BCUT2D eigenvalue weighted by Crippen LogP contribution is 2.27. The van der Waals surface area contributed by atoms with Crippen LogP contribution in [-0.2, 0) is 0 Å². The first-order chi connectivity index (χ1) is 4.71. The molecule has 0 aromatic heterocycles. The maximum Gasteiger partial charge on any atom is 0.392 e. The van der Waals surface area contributed by atoms with Crippen LogP contribution in [-0.4, -0.2) is 12.4 Å². The molecule has 6 heteroatoms. The van der Waals surface area contributed by atoms with E-state index in [1.54, 1.807) is 0 Å². The molecule has 0 heterocycles. The minimum absolute atomic E-state index is 0.305. The predicted molar refractivity (Wildman–Crippen MR) is 25.6 cm³/mol. The second-order valence-corrected chi connectivity index (χ2v) is 1.90. The minimum Gasteiger partial charge on any atom is -0.171 e. The average Bonchev–Trinajstić information content (AvgIpc) is 1.55. The molecule has 0 saturated carbocycles. The van der Waals surface area contributed by atoms with Crippen molar-refractivity contribution in [3.8, 4) is 0 Å². The van der Waals surface area contributed by atoms with E-state index in [0.717, 1.165) is 0 Å². The zero-order valence-corrected chi connectivity index (χ0v) is 5.26. The van der Waals surface area contributed by atoms with Crippen molar-refractivity contribution in [2.45, 2.75) is 25.2 Å². The van der Waals surface area contributed by atoms with Gasteiger partial charge in [0.05, 0.1) is 6.42 Å². The first-order valence-corrected chi connectivity index (χ1v) is 2.68. The smallest absolute Gasteiger partial charge is 0.171 e. The van der Waals surface area contributed by atoms with Crippen molar-refractivity contribution in [1.82, 2.24) is 0 Å². The summed E-state index contributed by atoms with van der Waals surface area (Å²) in [5, 5.41) is 0. The van der Waals surface area contributed by atoms with Crippen LogP contribution in [0.2, 0.25) is 0 Å². The Morgan fingerprint density at radius 3 is 1.64 bits per heavy atom. The molecule has 0 amide bonds. The van der Waals surface area contributed by atoms with E-state index in [2.05, 4.69) is 0 Å². The molecule has 0 N–H and O–H groups in total. The van der Waals surface area contributed by atoms with E-state index in [0.29, 0.717) is 0 Å². The summed E-state index contributed by atoms with van der Waals surface area (Å²) in [7, 11) is 0. The molecule has 0 rings (SSSR count). The zero-order chi connectivity index (χ0) is 9.12. The van der Waals surface area contributed by atoms with Gasteiger partial charge in [0.1, 0.15) is 0 Å². The number of alkyl halides is 6. The number of hydrogen-bond acceptors (Lipinski definition) is 0. The van der Waals surface area contributed by atoms with Gasteiger partial charge in [-0.2, -0.15) is 26.3 Å². The highest BCUT2D eigenvalue weighted by atomic mass is 19.4. The van der Waals surface area contributed by atoms with Crippen LogP contribution in [0.3, 0.4) is 0 Å². The molecule has 0 bridgehead atoms. The largest absolute Gasteiger partial charge is 0.392 e. The second-order valence-electron chi connectivity index (χ2n) is 1.90. The minimum atomic E-state index is -4.61. The number of hydrogen-bond donors (Lipinski definition) is 0. The van der Waals surface area contributed by atoms with E-state index in [9.17, 15) is 26.3 Å². The van der Waals surface area contributed by atoms with Gasteiger partial charge in [0, 0.05) is 6.42 Å². The van der Waals surface area contributed by atoms with Crippen molar-refractivity contribution >= 4 is 0 Å². The summed E-state index contributed by atoms with van der Waals surface area (Å²) in [5.74, 6) is 0. The maximum absolute atomic E-state index is 11.2. The first-order valence-electron chi connectivity index (χ1n) is 2.68. The Bertz CT molecular complexity index is 95.1. The summed E-state index contributed by atoms with van der Waals surface area (Å²) < 4.78 is 67.4. The predicted octanol–water partition coefficient (Wildman–Crippen LogP) is 3.10. The summed E-state index contributed by atoms with van der Waals surface area (Å²) in [6, 6.07) is 0. The molecule has 11 heavy (non-hydrogen) atoms. The third-order valence-electron chi connectivity index (χ3n) is 0.804. The van der Waals surface area contributed by atoms with Crippen molar-refractivity contribution in [3.63, 3.8) is 0 Å². The van der Waals surface area contributed by atoms with Gasteiger partial charge < -0.3 is 0 Å². The van der Waals surface area contributed by atoms with Crippen molar-refractivity contribution in [2.75, 3.05) is 0 Å². The lowest BCUT2D eigenvalue weighted by Crippen LogP contribution is -2.12. The van der Waals surface area contributed by atoms with Gasteiger partial charge in [-0.25, -0.2) is 0 Å². The van der Waals surface area contributed by atoms with Crippen LogP contribution in [0.1, 0.15) is 12.8 Å². The normalized spacial score (nSPS) is 13.6. The lowest BCUT2D eigenvalue weighted by atomic mass is 10.2. The molecule has 0 atom stereocenters. The van der Waals surface area contributed by atoms with Gasteiger partial charge in [-0.1, -0.05) is 0 Å². The molecule has 0 aliphatic heterocycles. The van der Waals surface area contributed by atoms with E-state index in [1.807, 2.05) is 0 Å². The van der Waals surface area contributed by atoms with Gasteiger partial charge in [-0.3, -0.25) is 0 Å². The van der Waals surface area contributed by atoms with Gasteiger partial charge in [0.15, 0.2) is 0 Å². The molecule has 0 aromatic rings. The first kappa shape index (κ1) is 10.6. The quantitative estimate of drug-likeness (QED) is 0.571. The summed E-state index contributed by atoms with van der Waals surface area (Å²) in [6.45, 7) is 0. The maximum atomic E-state index is 11.2. The van der Waals surface area contributed by atoms with E-state index < -0.39 is 25.2 Å². The molecule has 0 nitrogen and oxygen atoms in total. The Kier molecular flexibility index (Phi) is 3.19. The number of halogens is 6.